The number of carboxylic acid groups (broad SMARTS) is 1. The molecule has 0 aliphatic carbocycles. The summed E-state index contributed by atoms with van der Waals surface area (Å²) in [6, 6.07) is 1.28. The number of nitrogens with zero attached hydrogens (tertiary/aromatic N) is 3. The van der Waals surface area contributed by atoms with Gasteiger partial charge in [0.25, 0.3) is 0 Å². The number of carbonyl (C=O) groups excluding carboxylic acids is 1. The molecule has 7 nitrogen and oxygen atoms in total. The number of likely N-dealkylation sites (tertiary alicyclic amines) is 1. The number of aliphatic carboxylic acids is 1. The quantitative estimate of drug-likeness (QED) is 0.857. The summed E-state index contributed by atoms with van der Waals surface area (Å²) in [7, 11) is 0. The van der Waals surface area contributed by atoms with Crippen molar-refractivity contribution in [3.05, 3.63) is 24.3 Å². The highest BCUT2D eigenvalue weighted by Gasteiger charge is 2.28. The molecule has 1 fully saturated rings. The molecule has 1 unspecified atom stereocenters. The van der Waals surface area contributed by atoms with Crippen LogP contribution in [0.2, 0.25) is 0 Å². The van der Waals surface area contributed by atoms with Crippen molar-refractivity contribution in [1.82, 2.24) is 20.2 Å². The maximum Gasteiger partial charge on any atom is 0.317 e. The summed E-state index contributed by atoms with van der Waals surface area (Å²) < 4.78 is 0. The van der Waals surface area contributed by atoms with Gasteiger partial charge < -0.3 is 15.3 Å². The summed E-state index contributed by atoms with van der Waals surface area (Å²) in [4.78, 5) is 32.4. The third kappa shape index (κ3) is 3.91. The molecule has 1 aliphatic rings. The van der Waals surface area contributed by atoms with Crippen LogP contribution < -0.4 is 5.32 Å². The van der Waals surface area contributed by atoms with E-state index in [1.165, 1.54) is 6.33 Å². The van der Waals surface area contributed by atoms with Crippen molar-refractivity contribution < 1.29 is 14.7 Å². The number of rotatable bonds is 4. The monoisotopic (exact) mass is 278 g/mol. The predicted molar refractivity (Wildman–Crippen MR) is 70.9 cm³/mol. The Morgan fingerprint density at radius 2 is 2.30 bits per heavy atom. The van der Waals surface area contributed by atoms with Crippen LogP contribution in [0.25, 0.3) is 0 Å². The number of carboxylic acids is 1. The summed E-state index contributed by atoms with van der Waals surface area (Å²) in [5.74, 6) is -0.870. The van der Waals surface area contributed by atoms with Crippen LogP contribution in [-0.4, -0.2) is 44.6 Å². The first-order chi connectivity index (χ1) is 9.66. The number of piperidine rings is 1. The lowest BCUT2D eigenvalue weighted by Gasteiger charge is -2.34. The fraction of sp³-hybridized carbons (Fsp3) is 0.538. The van der Waals surface area contributed by atoms with Crippen molar-refractivity contribution in [3.63, 3.8) is 0 Å². The largest absolute Gasteiger partial charge is 0.481 e. The molecule has 0 radical (unpaired) electrons. The minimum absolute atomic E-state index is 0.000920. The van der Waals surface area contributed by atoms with Gasteiger partial charge in [0.15, 0.2) is 0 Å². The average Bonchev–Trinajstić information content (AvgIpc) is 2.46. The lowest BCUT2D eigenvalue weighted by molar-refractivity contribution is -0.138. The maximum atomic E-state index is 12.1. The van der Waals surface area contributed by atoms with Crippen LogP contribution in [0.3, 0.4) is 0 Å². The minimum atomic E-state index is -0.870. The predicted octanol–water partition coefficient (Wildman–Crippen LogP) is 1.02. The minimum Gasteiger partial charge on any atom is -0.481 e. The molecule has 2 rings (SSSR count). The Morgan fingerprint density at radius 1 is 1.45 bits per heavy atom. The van der Waals surface area contributed by atoms with Gasteiger partial charge in [0.1, 0.15) is 6.33 Å². The second-order valence-electron chi connectivity index (χ2n) is 4.80. The molecule has 0 bridgehead atoms. The highest BCUT2D eigenvalue weighted by Crippen LogP contribution is 2.19. The van der Waals surface area contributed by atoms with Crippen LogP contribution >= 0.6 is 0 Å². The Kier molecular flexibility index (Phi) is 4.86. The van der Waals surface area contributed by atoms with E-state index < -0.39 is 5.97 Å². The van der Waals surface area contributed by atoms with Gasteiger partial charge in [-0.15, -0.1) is 0 Å². The summed E-state index contributed by atoms with van der Waals surface area (Å²) >= 11 is 0. The molecular formula is C13H18N4O3. The molecule has 108 valence electrons. The first kappa shape index (κ1) is 14.2. The summed E-state index contributed by atoms with van der Waals surface area (Å²) in [5.41, 5.74) is 0.722. The van der Waals surface area contributed by atoms with Gasteiger partial charge in [-0.3, -0.25) is 4.79 Å². The fourth-order valence-electron chi connectivity index (χ4n) is 2.37. The highest BCUT2D eigenvalue weighted by atomic mass is 16.4. The Bertz CT molecular complexity index is 466. The SMILES string of the molecule is O=C(O)CC1CCCCN1C(=O)NCc1ccncn1. The Morgan fingerprint density at radius 3 is 3.00 bits per heavy atom. The van der Waals surface area contributed by atoms with E-state index in [1.54, 1.807) is 17.2 Å². The van der Waals surface area contributed by atoms with Crippen LogP contribution in [0.15, 0.2) is 18.6 Å². The second-order valence-corrected chi connectivity index (χ2v) is 4.80. The van der Waals surface area contributed by atoms with Crippen molar-refractivity contribution in [2.45, 2.75) is 38.3 Å². The number of hydrogen-bond acceptors (Lipinski definition) is 4. The zero-order chi connectivity index (χ0) is 14.4. The number of hydrogen-bond donors (Lipinski definition) is 2. The second kappa shape index (κ2) is 6.83. The molecule has 1 aromatic heterocycles. The highest BCUT2D eigenvalue weighted by molar-refractivity contribution is 5.76. The molecule has 7 heteroatoms. The molecule has 2 N–H and O–H groups in total. The number of urea groups is 1. The molecule has 2 amide bonds. The maximum absolute atomic E-state index is 12.1. The number of aromatic nitrogens is 2. The van der Waals surface area contributed by atoms with Crippen molar-refractivity contribution in [1.29, 1.82) is 0 Å². The van der Waals surface area contributed by atoms with Gasteiger partial charge in [-0.05, 0) is 25.3 Å². The summed E-state index contributed by atoms with van der Waals surface area (Å²) in [6.45, 7) is 0.922. The van der Waals surface area contributed by atoms with Gasteiger partial charge in [-0.25, -0.2) is 14.8 Å². The first-order valence-electron chi connectivity index (χ1n) is 6.68. The van der Waals surface area contributed by atoms with Crippen LogP contribution in [0.4, 0.5) is 4.79 Å². The molecule has 0 aromatic carbocycles. The van der Waals surface area contributed by atoms with E-state index in [1.807, 2.05) is 0 Å². The molecule has 0 saturated carbocycles. The van der Waals surface area contributed by atoms with E-state index in [0.717, 1.165) is 25.0 Å². The van der Waals surface area contributed by atoms with Gasteiger partial charge >= 0.3 is 12.0 Å². The Labute approximate surface area is 117 Å². The number of amides is 2. The third-order valence-electron chi connectivity index (χ3n) is 3.36. The molecule has 1 saturated heterocycles. The molecule has 1 aliphatic heterocycles. The normalized spacial score (nSPS) is 18.6. The lowest BCUT2D eigenvalue weighted by Crippen LogP contribution is -2.49. The van der Waals surface area contributed by atoms with E-state index in [9.17, 15) is 9.59 Å². The Balaban J connectivity index is 1.90. The number of nitrogens with one attached hydrogen (secondary N) is 1. The first-order valence-corrected chi connectivity index (χ1v) is 6.68. The van der Waals surface area contributed by atoms with Gasteiger partial charge in [-0.2, -0.15) is 0 Å². The van der Waals surface area contributed by atoms with E-state index in [0.29, 0.717) is 13.1 Å². The Hall–Kier alpha value is -2.18. The standard InChI is InChI=1S/C13H18N4O3/c18-12(19)7-11-3-1-2-6-17(11)13(20)15-8-10-4-5-14-9-16-10/h4-5,9,11H,1-3,6-8H2,(H,15,20)(H,18,19). The molecule has 0 spiro atoms. The smallest absolute Gasteiger partial charge is 0.317 e. The zero-order valence-electron chi connectivity index (χ0n) is 11.2. The average molecular weight is 278 g/mol. The summed E-state index contributed by atoms with van der Waals surface area (Å²) in [5, 5.41) is 11.7. The number of carbonyl (C=O) groups is 2. The van der Waals surface area contributed by atoms with Gasteiger partial charge in [-0.1, -0.05) is 0 Å². The molecule has 2 heterocycles. The zero-order valence-corrected chi connectivity index (χ0v) is 11.2. The van der Waals surface area contributed by atoms with Gasteiger partial charge in [0.2, 0.25) is 0 Å². The van der Waals surface area contributed by atoms with Crippen LogP contribution in [-0.2, 0) is 11.3 Å². The van der Waals surface area contributed by atoms with E-state index in [4.69, 9.17) is 5.11 Å². The lowest BCUT2D eigenvalue weighted by atomic mass is 10.00. The molecular weight excluding hydrogens is 260 g/mol. The van der Waals surface area contributed by atoms with Crippen molar-refractivity contribution in [3.8, 4) is 0 Å². The van der Waals surface area contributed by atoms with Gasteiger partial charge in [0.05, 0.1) is 18.7 Å². The van der Waals surface area contributed by atoms with Crippen molar-refractivity contribution >= 4 is 12.0 Å². The molecule has 1 aromatic rings. The molecule has 1 atom stereocenters. The van der Waals surface area contributed by atoms with E-state index >= 15 is 0 Å². The van der Waals surface area contributed by atoms with E-state index in [-0.39, 0.29) is 18.5 Å². The molecule has 20 heavy (non-hydrogen) atoms. The van der Waals surface area contributed by atoms with Gasteiger partial charge in [0, 0.05) is 18.8 Å². The fourth-order valence-corrected chi connectivity index (χ4v) is 2.37. The van der Waals surface area contributed by atoms with E-state index in [2.05, 4.69) is 15.3 Å². The van der Waals surface area contributed by atoms with Crippen LogP contribution in [0.5, 0.6) is 0 Å². The van der Waals surface area contributed by atoms with Crippen molar-refractivity contribution in [2.75, 3.05) is 6.54 Å². The van der Waals surface area contributed by atoms with Crippen LogP contribution in [0, 0.1) is 0 Å². The topological polar surface area (TPSA) is 95.4 Å². The van der Waals surface area contributed by atoms with Crippen LogP contribution in [0.1, 0.15) is 31.4 Å². The van der Waals surface area contributed by atoms with Crippen molar-refractivity contribution in [2.24, 2.45) is 0 Å². The third-order valence-corrected chi connectivity index (χ3v) is 3.36. The summed E-state index contributed by atoms with van der Waals surface area (Å²) in [6.07, 6.45) is 5.66.